The van der Waals surface area contributed by atoms with Gasteiger partial charge in [-0.3, -0.25) is 4.79 Å². The van der Waals surface area contributed by atoms with E-state index in [0.29, 0.717) is 39.9 Å². The number of ether oxygens (including phenoxy) is 1. The highest BCUT2D eigenvalue weighted by Crippen LogP contribution is 2.34. The normalized spacial score (nSPS) is 11.2. The molecule has 0 unspecified atom stereocenters. The van der Waals surface area contributed by atoms with Crippen LogP contribution in [0.5, 0.6) is 5.75 Å². The second kappa shape index (κ2) is 8.61. The zero-order valence-electron chi connectivity index (χ0n) is 17.2. The molecule has 4 aromatic rings. The minimum Gasteiger partial charge on any atom is -0.494 e. The van der Waals surface area contributed by atoms with Gasteiger partial charge in [0.1, 0.15) is 5.52 Å². The quantitative estimate of drug-likeness (QED) is 0.346. The summed E-state index contributed by atoms with van der Waals surface area (Å²) in [5.41, 5.74) is 4.33. The number of halogens is 2. The van der Waals surface area contributed by atoms with Crippen LogP contribution in [-0.2, 0) is 0 Å². The molecule has 31 heavy (non-hydrogen) atoms. The van der Waals surface area contributed by atoms with Crippen LogP contribution in [0.4, 0.5) is 5.69 Å². The van der Waals surface area contributed by atoms with Crippen LogP contribution >= 0.6 is 23.2 Å². The Morgan fingerprint density at radius 1 is 1.03 bits per heavy atom. The van der Waals surface area contributed by atoms with E-state index in [1.165, 1.54) is 24.8 Å². The highest BCUT2D eigenvalue weighted by atomic mass is 35.5. The lowest BCUT2D eigenvalue weighted by molar-refractivity contribution is 0.102. The fraction of sp³-hybridized carbons (Fsp3) is 0.167. The molecule has 7 heteroatoms. The first-order valence-corrected chi connectivity index (χ1v) is 10.5. The van der Waals surface area contributed by atoms with Gasteiger partial charge in [0.15, 0.2) is 11.3 Å². The summed E-state index contributed by atoms with van der Waals surface area (Å²) in [6.45, 7) is 4.30. The van der Waals surface area contributed by atoms with Gasteiger partial charge in [0.05, 0.1) is 17.2 Å². The number of rotatable bonds is 5. The molecule has 0 aliphatic rings. The number of hydrogen-bond acceptors (Lipinski definition) is 4. The summed E-state index contributed by atoms with van der Waals surface area (Å²) >= 11 is 12.3. The maximum absolute atomic E-state index is 12.7. The van der Waals surface area contributed by atoms with Crippen LogP contribution in [0.15, 0.2) is 59.0 Å². The molecule has 1 aromatic heterocycles. The minimum atomic E-state index is -0.348. The molecule has 1 amide bonds. The van der Waals surface area contributed by atoms with Crippen LogP contribution in [0.2, 0.25) is 10.0 Å². The number of nitrogens with zero attached hydrogens (tertiary/aromatic N) is 1. The summed E-state index contributed by atoms with van der Waals surface area (Å²) in [5.74, 6) is 0.971. The Morgan fingerprint density at radius 2 is 1.71 bits per heavy atom. The van der Waals surface area contributed by atoms with E-state index in [1.54, 1.807) is 18.2 Å². The van der Waals surface area contributed by atoms with Crippen LogP contribution in [-0.4, -0.2) is 18.0 Å². The summed E-state index contributed by atoms with van der Waals surface area (Å²) in [4.78, 5) is 17.2. The van der Waals surface area contributed by atoms with Crippen LogP contribution in [0.1, 0.15) is 35.7 Å². The Morgan fingerprint density at radius 3 is 2.32 bits per heavy atom. The van der Waals surface area contributed by atoms with Crippen molar-refractivity contribution in [3.05, 3.63) is 75.8 Å². The van der Waals surface area contributed by atoms with Crippen LogP contribution in [0.3, 0.4) is 0 Å². The third-order valence-corrected chi connectivity index (χ3v) is 5.50. The number of fused-ring (bicyclic) bond motifs is 1. The minimum absolute atomic E-state index is 0.264. The zero-order valence-corrected chi connectivity index (χ0v) is 18.7. The number of hydrogen-bond donors (Lipinski definition) is 1. The molecule has 0 radical (unpaired) electrons. The van der Waals surface area contributed by atoms with E-state index in [9.17, 15) is 4.79 Å². The van der Waals surface area contributed by atoms with Gasteiger partial charge in [-0.1, -0.05) is 49.2 Å². The predicted molar refractivity (Wildman–Crippen MR) is 125 cm³/mol. The molecule has 4 rings (SSSR count). The molecule has 0 aliphatic heterocycles. The van der Waals surface area contributed by atoms with Crippen LogP contribution in [0, 0.1) is 0 Å². The van der Waals surface area contributed by atoms with Crippen LogP contribution in [0.25, 0.3) is 22.6 Å². The van der Waals surface area contributed by atoms with E-state index < -0.39 is 0 Å². The Bertz CT molecular complexity index is 1240. The fourth-order valence-electron chi connectivity index (χ4n) is 3.23. The summed E-state index contributed by atoms with van der Waals surface area (Å²) in [5, 5.41) is 3.36. The van der Waals surface area contributed by atoms with Gasteiger partial charge < -0.3 is 14.5 Å². The van der Waals surface area contributed by atoms with Crippen molar-refractivity contribution < 1.29 is 13.9 Å². The average molecular weight is 455 g/mol. The highest BCUT2D eigenvalue weighted by molar-refractivity contribution is 6.37. The molecule has 0 aliphatic carbocycles. The Labute approximate surface area is 189 Å². The highest BCUT2D eigenvalue weighted by Gasteiger charge is 2.15. The Hall–Kier alpha value is -3.02. The van der Waals surface area contributed by atoms with Gasteiger partial charge in [-0.25, -0.2) is 4.98 Å². The molecule has 1 N–H and O–H groups in total. The maximum Gasteiger partial charge on any atom is 0.255 e. The van der Waals surface area contributed by atoms with Crippen molar-refractivity contribution in [3.63, 3.8) is 0 Å². The second-order valence-corrected chi connectivity index (χ2v) is 8.22. The van der Waals surface area contributed by atoms with Crippen molar-refractivity contribution in [1.82, 2.24) is 4.98 Å². The largest absolute Gasteiger partial charge is 0.494 e. The van der Waals surface area contributed by atoms with E-state index >= 15 is 0 Å². The van der Waals surface area contributed by atoms with Crippen molar-refractivity contribution in [2.75, 3.05) is 12.4 Å². The van der Waals surface area contributed by atoms with E-state index in [-0.39, 0.29) is 16.0 Å². The van der Waals surface area contributed by atoms with Gasteiger partial charge in [-0.15, -0.1) is 0 Å². The van der Waals surface area contributed by atoms with E-state index in [1.807, 2.05) is 12.1 Å². The standard InChI is InChI=1S/C24H20Cl2N2O3/c1-13(2)14-4-6-15(7-5-14)24-28-20-12-17(8-9-21(20)31-24)27-23(29)16-10-18(25)22(30-3)19(26)11-16/h4-13H,1-3H3,(H,27,29). The molecule has 0 fully saturated rings. The number of oxazole rings is 1. The monoisotopic (exact) mass is 454 g/mol. The molecule has 0 saturated carbocycles. The molecule has 0 saturated heterocycles. The summed E-state index contributed by atoms with van der Waals surface area (Å²) in [6.07, 6.45) is 0. The van der Waals surface area contributed by atoms with E-state index in [0.717, 1.165) is 5.56 Å². The fourth-order valence-corrected chi connectivity index (χ4v) is 3.87. The second-order valence-electron chi connectivity index (χ2n) is 7.41. The smallest absolute Gasteiger partial charge is 0.255 e. The number of amides is 1. The lowest BCUT2D eigenvalue weighted by Crippen LogP contribution is -2.12. The summed E-state index contributed by atoms with van der Waals surface area (Å²) in [6, 6.07) is 16.5. The van der Waals surface area contributed by atoms with Gasteiger partial charge in [0, 0.05) is 16.8 Å². The molecule has 3 aromatic carbocycles. The third-order valence-electron chi connectivity index (χ3n) is 4.93. The number of carbonyl (C=O) groups is 1. The number of methoxy groups -OCH3 is 1. The summed E-state index contributed by atoms with van der Waals surface area (Å²) < 4.78 is 11.0. The molecular formula is C24H20Cl2N2O3. The van der Waals surface area contributed by atoms with Crippen molar-refractivity contribution >= 4 is 45.9 Å². The topological polar surface area (TPSA) is 64.4 Å². The van der Waals surface area contributed by atoms with E-state index in [4.69, 9.17) is 32.4 Å². The van der Waals surface area contributed by atoms with Gasteiger partial charge in [-0.05, 0) is 53.9 Å². The van der Waals surface area contributed by atoms with Crippen LogP contribution < -0.4 is 10.1 Å². The number of nitrogens with one attached hydrogen (secondary N) is 1. The Kier molecular flexibility index (Phi) is 5.90. The van der Waals surface area contributed by atoms with Crippen molar-refractivity contribution in [2.24, 2.45) is 0 Å². The van der Waals surface area contributed by atoms with Gasteiger partial charge in [0.2, 0.25) is 5.89 Å². The number of aromatic nitrogens is 1. The number of benzene rings is 3. The molecular weight excluding hydrogens is 435 g/mol. The molecule has 0 bridgehead atoms. The van der Waals surface area contributed by atoms with Crippen molar-refractivity contribution in [3.8, 4) is 17.2 Å². The van der Waals surface area contributed by atoms with E-state index in [2.05, 4.69) is 36.3 Å². The first-order chi connectivity index (χ1) is 14.9. The zero-order chi connectivity index (χ0) is 22.1. The van der Waals surface area contributed by atoms with Crippen molar-refractivity contribution in [1.29, 1.82) is 0 Å². The lowest BCUT2D eigenvalue weighted by Gasteiger charge is -2.09. The van der Waals surface area contributed by atoms with Crippen molar-refractivity contribution in [2.45, 2.75) is 19.8 Å². The van der Waals surface area contributed by atoms with Gasteiger partial charge >= 0.3 is 0 Å². The Balaban J connectivity index is 1.58. The first kappa shape index (κ1) is 21.2. The predicted octanol–water partition coefficient (Wildman–Crippen LogP) is 7.19. The number of carbonyl (C=O) groups excluding carboxylic acids is 1. The maximum atomic E-state index is 12.7. The summed E-state index contributed by atoms with van der Waals surface area (Å²) in [7, 11) is 1.47. The first-order valence-electron chi connectivity index (χ1n) is 9.71. The molecule has 5 nitrogen and oxygen atoms in total. The molecule has 1 heterocycles. The molecule has 158 valence electrons. The SMILES string of the molecule is COc1c(Cl)cc(C(=O)Nc2ccc3oc(-c4ccc(C(C)C)cc4)nc3c2)cc1Cl. The molecule has 0 atom stereocenters. The van der Waals surface area contributed by atoms with Gasteiger partial charge in [0.25, 0.3) is 5.91 Å². The third kappa shape index (κ3) is 4.38. The van der Waals surface area contributed by atoms with Gasteiger partial charge in [-0.2, -0.15) is 0 Å². The average Bonchev–Trinajstić information content (AvgIpc) is 3.17. The molecule has 0 spiro atoms. The lowest BCUT2D eigenvalue weighted by atomic mass is 10.0. The number of anilines is 1.